The van der Waals surface area contributed by atoms with E-state index < -0.39 is 16.3 Å². The van der Waals surface area contributed by atoms with Gasteiger partial charge < -0.3 is 9.64 Å². The molecular weight excluding hydrogens is 448 g/mol. The van der Waals surface area contributed by atoms with Gasteiger partial charge in [-0.05, 0) is 30.6 Å². The van der Waals surface area contributed by atoms with Crippen LogP contribution in [0.25, 0.3) is 10.7 Å². The topological polar surface area (TPSA) is 104 Å². The van der Waals surface area contributed by atoms with E-state index in [1.807, 2.05) is 17.5 Å². The molecular formula is C17H24N6O4S3. The monoisotopic (exact) mass is 472 g/mol. The molecule has 2 aromatic rings. The van der Waals surface area contributed by atoms with Crippen LogP contribution < -0.4 is 0 Å². The van der Waals surface area contributed by atoms with Gasteiger partial charge in [0.15, 0.2) is 10.6 Å². The van der Waals surface area contributed by atoms with Crippen LogP contribution in [0.1, 0.15) is 13.0 Å². The minimum atomic E-state index is -3.53. The SMILES string of the molecule is CC(C(=O)N1CCN(S(=O)(=O)N2CCOCC2)CC1)n1c(-c2cccs2)n[nH]c1=S. The van der Waals surface area contributed by atoms with Gasteiger partial charge in [0.2, 0.25) is 5.91 Å². The van der Waals surface area contributed by atoms with E-state index in [1.165, 1.54) is 19.9 Å². The Morgan fingerprint density at radius 2 is 1.87 bits per heavy atom. The van der Waals surface area contributed by atoms with Crippen LogP contribution in [0.15, 0.2) is 17.5 Å². The van der Waals surface area contributed by atoms with Gasteiger partial charge in [-0.1, -0.05) is 6.07 Å². The van der Waals surface area contributed by atoms with Crippen LogP contribution in [-0.4, -0.2) is 95.1 Å². The number of thiophene rings is 1. The molecule has 0 aliphatic carbocycles. The normalized spacial score (nSPS) is 20.4. The molecule has 4 rings (SSSR count). The molecule has 10 nitrogen and oxygen atoms in total. The lowest BCUT2D eigenvalue weighted by molar-refractivity contribution is -0.135. The minimum absolute atomic E-state index is 0.103. The number of aromatic amines is 1. The Morgan fingerprint density at radius 1 is 1.20 bits per heavy atom. The number of hydrogen-bond donors (Lipinski definition) is 1. The number of nitrogens with zero attached hydrogens (tertiary/aromatic N) is 5. The molecule has 2 saturated heterocycles. The van der Waals surface area contributed by atoms with Crippen LogP contribution in [0.3, 0.4) is 0 Å². The molecule has 2 fully saturated rings. The molecule has 13 heteroatoms. The Bertz CT molecular complexity index is 1030. The van der Waals surface area contributed by atoms with E-state index in [0.29, 0.717) is 50.0 Å². The molecule has 1 N–H and O–H groups in total. The summed E-state index contributed by atoms with van der Waals surface area (Å²) < 4.78 is 35.9. The number of nitrogens with one attached hydrogen (secondary N) is 1. The molecule has 0 bridgehead atoms. The van der Waals surface area contributed by atoms with Gasteiger partial charge >= 0.3 is 0 Å². The fourth-order valence-corrected chi connectivity index (χ4v) is 6.26. The number of hydrogen-bond acceptors (Lipinski definition) is 7. The zero-order valence-corrected chi connectivity index (χ0v) is 19.0. The van der Waals surface area contributed by atoms with Crippen molar-refractivity contribution in [1.29, 1.82) is 0 Å². The Balaban J connectivity index is 1.44. The molecule has 2 aliphatic heterocycles. The molecule has 2 aromatic heterocycles. The van der Waals surface area contributed by atoms with Gasteiger partial charge in [-0.25, -0.2) is 0 Å². The first-order chi connectivity index (χ1) is 14.4. The molecule has 2 aliphatic rings. The van der Waals surface area contributed by atoms with Crippen LogP contribution in [0, 0.1) is 4.77 Å². The number of carbonyl (C=O) groups excluding carboxylic acids is 1. The number of piperazine rings is 1. The summed E-state index contributed by atoms with van der Waals surface area (Å²) in [5.74, 6) is 0.526. The van der Waals surface area contributed by atoms with Crippen molar-refractivity contribution in [3.05, 3.63) is 22.3 Å². The zero-order chi connectivity index (χ0) is 21.3. The highest BCUT2D eigenvalue weighted by atomic mass is 32.2. The van der Waals surface area contributed by atoms with Crippen molar-refractivity contribution in [2.75, 3.05) is 52.5 Å². The van der Waals surface area contributed by atoms with Crippen LogP contribution >= 0.6 is 23.6 Å². The van der Waals surface area contributed by atoms with E-state index in [9.17, 15) is 13.2 Å². The first-order valence-corrected chi connectivity index (χ1v) is 12.4. The largest absolute Gasteiger partial charge is 0.379 e. The minimum Gasteiger partial charge on any atom is -0.379 e. The maximum absolute atomic E-state index is 13.2. The summed E-state index contributed by atoms with van der Waals surface area (Å²) in [4.78, 5) is 15.8. The Morgan fingerprint density at radius 3 is 2.50 bits per heavy atom. The third kappa shape index (κ3) is 4.09. The second kappa shape index (κ2) is 8.85. The summed E-state index contributed by atoms with van der Waals surface area (Å²) in [6, 6.07) is 3.30. The molecule has 0 aromatic carbocycles. The average molecular weight is 473 g/mol. The maximum Gasteiger partial charge on any atom is 0.282 e. The first-order valence-electron chi connectivity index (χ1n) is 9.72. The molecule has 0 saturated carbocycles. The summed E-state index contributed by atoms with van der Waals surface area (Å²) in [6.07, 6.45) is 0. The van der Waals surface area contributed by atoms with E-state index in [1.54, 1.807) is 16.4 Å². The fourth-order valence-electron chi connectivity index (χ4n) is 3.70. The number of aromatic nitrogens is 3. The van der Waals surface area contributed by atoms with E-state index in [4.69, 9.17) is 17.0 Å². The highest BCUT2D eigenvalue weighted by Gasteiger charge is 2.35. The highest BCUT2D eigenvalue weighted by Crippen LogP contribution is 2.26. The highest BCUT2D eigenvalue weighted by molar-refractivity contribution is 7.86. The second-order valence-electron chi connectivity index (χ2n) is 7.12. The van der Waals surface area contributed by atoms with Gasteiger partial charge in [-0.15, -0.1) is 11.3 Å². The van der Waals surface area contributed by atoms with E-state index in [0.717, 1.165) is 4.88 Å². The summed E-state index contributed by atoms with van der Waals surface area (Å²) in [7, 11) is -3.53. The first kappa shape index (κ1) is 21.6. The van der Waals surface area contributed by atoms with E-state index in [2.05, 4.69) is 10.2 Å². The lowest BCUT2D eigenvalue weighted by Gasteiger charge is -2.38. The molecule has 0 spiro atoms. The Kier molecular flexibility index (Phi) is 6.36. The van der Waals surface area contributed by atoms with Crippen molar-refractivity contribution in [1.82, 2.24) is 28.3 Å². The average Bonchev–Trinajstić information content (AvgIpc) is 3.43. The zero-order valence-electron chi connectivity index (χ0n) is 16.6. The van der Waals surface area contributed by atoms with Crippen molar-refractivity contribution in [3.63, 3.8) is 0 Å². The second-order valence-corrected chi connectivity index (χ2v) is 10.4. The van der Waals surface area contributed by atoms with E-state index in [-0.39, 0.29) is 19.0 Å². The predicted molar refractivity (Wildman–Crippen MR) is 115 cm³/mol. The molecule has 1 unspecified atom stereocenters. The third-order valence-corrected chi connectivity index (χ3v) is 8.55. The maximum atomic E-state index is 13.2. The standard InChI is InChI=1S/C17H24N6O4S3/c1-13(23-15(18-19-17(23)28)14-3-2-12-29-14)16(24)20-4-6-21(7-5-20)30(25,26)22-8-10-27-11-9-22/h2-3,12-13H,4-11H2,1H3,(H,19,28). The molecule has 1 atom stereocenters. The molecule has 4 heterocycles. The van der Waals surface area contributed by atoms with Gasteiger partial charge in [0.05, 0.1) is 18.1 Å². The number of morpholine rings is 1. The number of ether oxygens (including phenoxy) is 1. The number of rotatable bonds is 5. The molecule has 30 heavy (non-hydrogen) atoms. The lowest BCUT2D eigenvalue weighted by Crippen LogP contribution is -2.56. The van der Waals surface area contributed by atoms with Crippen molar-refractivity contribution in [3.8, 4) is 10.7 Å². The van der Waals surface area contributed by atoms with Gasteiger partial charge in [0.25, 0.3) is 10.2 Å². The molecule has 0 radical (unpaired) electrons. The molecule has 1 amide bonds. The molecule has 164 valence electrons. The quantitative estimate of drug-likeness (QED) is 0.650. The van der Waals surface area contributed by atoms with Crippen LogP contribution in [-0.2, 0) is 19.7 Å². The fraction of sp³-hybridized carbons (Fsp3) is 0.588. The predicted octanol–water partition coefficient (Wildman–Crippen LogP) is 0.951. The van der Waals surface area contributed by atoms with Crippen LogP contribution in [0.4, 0.5) is 0 Å². The van der Waals surface area contributed by atoms with Gasteiger partial charge in [-0.2, -0.15) is 22.1 Å². The van der Waals surface area contributed by atoms with Crippen molar-refractivity contribution in [2.24, 2.45) is 0 Å². The summed E-state index contributed by atoms with van der Waals surface area (Å²) in [6.45, 7) is 4.56. The smallest absolute Gasteiger partial charge is 0.282 e. The van der Waals surface area contributed by atoms with Gasteiger partial charge in [0.1, 0.15) is 6.04 Å². The number of amides is 1. The number of carbonyl (C=O) groups is 1. The summed E-state index contributed by atoms with van der Waals surface area (Å²) in [5, 5.41) is 9.00. The Hall–Kier alpha value is -1.64. The summed E-state index contributed by atoms with van der Waals surface area (Å²) >= 11 is 6.88. The van der Waals surface area contributed by atoms with E-state index >= 15 is 0 Å². The Labute approximate surface area is 184 Å². The van der Waals surface area contributed by atoms with Crippen molar-refractivity contribution < 1.29 is 17.9 Å². The van der Waals surface area contributed by atoms with Crippen LogP contribution in [0.5, 0.6) is 0 Å². The lowest BCUT2D eigenvalue weighted by atomic mass is 10.2. The number of H-pyrrole nitrogens is 1. The van der Waals surface area contributed by atoms with Gasteiger partial charge in [0, 0.05) is 39.3 Å². The van der Waals surface area contributed by atoms with Gasteiger partial charge in [-0.3, -0.25) is 14.5 Å². The van der Waals surface area contributed by atoms with Crippen molar-refractivity contribution >= 4 is 39.7 Å². The van der Waals surface area contributed by atoms with Crippen LogP contribution in [0.2, 0.25) is 0 Å². The van der Waals surface area contributed by atoms with Crippen molar-refractivity contribution in [2.45, 2.75) is 13.0 Å². The third-order valence-electron chi connectivity index (χ3n) is 5.36. The summed E-state index contributed by atoms with van der Waals surface area (Å²) in [5.41, 5.74) is 0.